The van der Waals surface area contributed by atoms with E-state index in [1.165, 1.54) is 0 Å². The second kappa shape index (κ2) is 2.27. The van der Waals surface area contributed by atoms with E-state index >= 15 is 0 Å². The summed E-state index contributed by atoms with van der Waals surface area (Å²) in [6.45, 7) is 8.51. The van der Waals surface area contributed by atoms with Crippen LogP contribution in [0.5, 0.6) is 0 Å². The fraction of sp³-hybridized carbons (Fsp3) is 0.143. The van der Waals surface area contributed by atoms with Crippen molar-refractivity contribution in [2.24, 2.45) is 0 Å². The van der Waals surface area contributed by atoms with Gasteiger partial charge in [0.2, 0.25) is 0 Å². The number of hydrogen-bond acceptors (Lipinski definition) is 1. The molecule has 0 saturated heterocycles. The number of nitrogens with zero attached hydrogens (tertiary/aromatic N) is 2. The molecule has 0 radical (unpaired) electrons. The van der Waals surface area contributed by atoms with Crippen LogP contribution < -0.4 is 0 Å². The van der Waals surface area contributed by atoms with Crippen LogP contribution in [0.3, 0.4) is 0 Å². The summed E-state index contributed by atoms with van der Waals surface area (Å²) in [6.07, 6.45) is 1.64. The third-order valence-corrected chi connectivity index (χ3v) is 1.01. The second-order valence-electron chi connectivity index (χ2n) is 1.77. The predicted octanol–water partition coefficient (Wildman–Crippen LogP) is 1.94. The average Bonchev–Trinajstić information content (AvgIpc) is 1.88. The van der Waals surface area contributed by atoms with Gasteiger partial charge in [0.15, 0.2) is 5.69 Å². The molecular weight excluding hydrogens is 112 g/mol. The number of hydrogen-bond donors (Lipinski definition) is 0. The van der Waals surface area contributed by atoms with Gasteiger partial charge in [-0.25, -0.2) is 4.85 Å². The van der Waals surface area contributed by atoms with E-state index in [9.17, 15) is 0 Å². The van der Waals surface area contributed by atoms with Crippen molar-refractivity contribution in [2.75, 3.05) is 0 Å². The van der Waals surface area contributed by atoms with E-state index in [1.54, 1.807) is 18.3 Å². The average molecular weight is 118 g/mol. The van der Waals surface area contributed by atoms with Crippen LogP contribution in [0, 0.1) is 13.5 Å². The molecule has 0 spiro atoms. The predicted molar refractivity (Wildman–Crippen MR) is 35.2 cm³/mol. The van der Waals surface area contributed by atoms with E-state index in [2.05, 4.69) is 9.83 Å². The van der Waals surface area contributed by atoms with Gasteiger partial charge in [0, 0.05) is 11.9 Å². The first-order valence-electron chi connectivity index (χ1n) is 2.63. The Hall–Kier alpha value is -1.36. The lowest BCUT2D eigenvalue weighted by atomic mass is 10.3. The van der Waals surface area contributed by atoms with Gasteiger partial charge in [0.05, 0.1) is 6.57 Å². The Morgan fingerprint density at radius 1 is 1.67 bits per heavy atom. The molecule has 0 amide bonds. The zero-order valence-corrected chi connectivity index (χ0v) is 5.13. The first kappa shape index (κ1) is 5.77. The minimum absolute atomic E-state index is 0.655. The summed E-state index contributed by atoms with van der Waals surface area (Å²) in [7, 11) is 0. The summed E-state index contributed by atoms with van der Waals surface area (Å²) in [5.41, 5.74) is 1.55. The highest BCUT2D eigenvalue weighted by Crippen LogP contribution is 2.09. The van der Waals surface area contributed by atoms with Gasteiger partial charge in [-0.05, 0) is 19.1 Å². The number of aryl methyl sites for hydroxylation is 1. The van der Waals surface area contributed by atoms with Crippen LogP contribution in [0.2, 0.25) is 0 Å². The quantitative estimate of drug-likeness (QED) is 0.476. The van der Waals surface area contributed by atoms with E-state index < -0.39 is 0 Å². The molecule has 0 aliphatic rings. The standard InChI is InChI=1S/C7H6N2/c1-6-5-7(8-2)3-4-9-6/h3-5H,1H3. The summed E-state index contributed by atoms with van der Waals surface area (Å²) >= 11 is 0. The third-order valence-electron chi connectivity index (χ3n) is 1.01. The minimum atomic E-state index is 0.655. The Morgan fingerprint density at radius 3 is 2.89 bits per heavy atom. The molecule has 44 valence electrons. The normalized spacial score (nSPS) is 8.44. The van der Waals surface area contributed by atoms with Gasteiger partial charge in [-0.3, -0.25) is 4.98 Å². The van der Waals surface area contributed by atoms with Crippen molar-refractivity contribution >= 4 is 5.69 Å². The van der Waals surface area contributed by atoms with Crippen molar-refractivity contribution in [3.63, 3.8) is 0 Å². The molecule has 0 saturated carbocycles. The molecule has 0 atom stereocenters. The van der Waals surface area contributed by atoms with Crippen LogP contribution in [-0.4, -0.2) is 4.98 Å². The minimum Gasteiger partial charge on any atom is -0.264 e. The molecule has 2 heteroatoms. The smallest absolute Gasteiger partial charge is 0.190 e. The second-order valence-corrected chi connectivity index (χ2v) is 1.77. The number of rotatable bonds is 0. The molecule has 0 unspecified atom stereocenters. The van der Waals surface area contributed by atoms with Crippen LogP contribution in [-0.2, 0) is 0 Å². The highest BCUT2D eigenvalue weighted by Gasteiger charge is 1.87. The molecule has 0 aromatic carbocycles. The fourth-order valence-electron chi connectivity index (χ4n) is 0.600. The highest BCUT2D eigenvalue weighted by atomic mass is 14.7. The molecule has 0 aliphatic heterocycles. The van der Waals surface area contributed by atoms with Gasteiger partial charge in [-0.15, -0.1) is 0 Å². The van der Waals surface area contributed by atoms with Gasteiger partial charge in [-0.1, -0.05) is 0 Å². The molecule has 1 aromatic heterocycles. The Bertz CT molecular complexity index is 247. The summed E-state index contributed by atoms with van der Waals surface area (Å²) in [6, 6.07) is 3.45. The molecule has 1 rings (SSSR count). The lowest BCUT2D eigenvalue weighted by molar-refractivity contribution is 1.21. The van der Waals surface area contributed by atoms with Crippen molar-refractivity contribution < 1.29 is 0 Å². The largest absolute Gasteiger partial charge is 0.264 e. The molecule has 0 aliphatic carbocycles. The lowest BCUT2D eigenvalue weighted by Gasteiger charge is -1.88. The van der Waals surface area contributed by atoms with Crippen molar-refractivity contribution in [1.29, 1.82) is 0 Å². The Kier molecular flexibility index (Phi) is 1.46. The first-order chi connectivity index (χ1) is 4.33. The maximum atomic E-state index is 6.64. The monoisotopic (exact) mass is 118 g/mol. The maximum Gasteiger partial charge on any atom is 0.190 e. The molecule has 2 nitrogen and oxygen atoms in total. The van der Waals surface area contributed by atoms with Crippen molar-refractivity contribution in [3.05, 3.63) is 35.4 Å². The van der Waals surface area contributed by atoms with Gasteiger partial charge >= 0.3 is 0 Å². The molecule has 0 bridgehead atoms. The summed E-state index contributed by atoms with van der Waals surface area (Å²) in [5.74, 6) is 0. The van der Waals surface area contributed by atoms with Crippen LogP contribution in [0.1, 0.15) is 5.69 Å². The zero-order valence-electron chi connectivity index (χ0n) is 5.13. The zero-order chi connectivity index (χ0) is 6.69. The van der Waals surface area contributed by atoms with Gasteiger partial charge in [0.25, 0.3) is 0 Å². The Morgan fingerprint density at radius 2 is 2.44 bits per heavy atom. The maximum absolute atomic E-state index is 6.64. The molecule has 1 aromatic rings. The first-order valence-corrected chi connectivity index (χ1v) is 2.63. The number of pyridine rings is 1. The molecule has 1 heterocycles. The Balaban J connectivity index is 3.12. The van der Waals surface area contributed by atoms with Crippen LogP contribution in [0.25, 0.3) is 4.85 Å². The van der Waals surface area contributed by atoms with Gasteiger partial charge < -0.3 is 0 Å². The Labute approximate surface area is 54.0 Å². The molecule has 0 fully saturated rings. The van der Waals surface area contributed by atoms with Crippen molar-refractivity contribution in [3.8, 4) is 0 Å². The molecule has 0 N–H and O–H groups in total. The third kappa shape index (κ3) is 1.26. The van der Waals surface area contributed by atoms with Crippen molar-refractivity contribution in [2.45, 2.75) is 6.92 Å². The SMILES string of the molecule is [C-]#[N+]c1ccnc(C)c1. The van der Waals surface area contributed by atoms with Gasteiger partial charge in [-0.2, -0.15) is 0 Å². The van der Waals surface area contributed by atoms with Crippen LogP contribution in [0.4, 0.5) is 5.69 Å². The van der Waals surface area contributed by atoms with Gasteiger partial charge in [0.1, 0.15) is 0 Å². The van der Waals surface area contributed by atoms with Crippen LogP contribution >= 0.6 is 0 Å². The highest BCUT2D eigenvalue weighted by molar-refractivity contribution is 5.43. The van der Waals surface area contributed by atoms with E-state index in [0.717, 1.165) is 5.69 Å². The summed E-state index contributed by atoms with van der Waals surface area (Å²) in [4.78, 5) is 7.19. The van der Waals surface area contributed by atoms with E-state index in [0.29, 0.717) is 5.69 Å². The molecular formula is C7H6N2. The van der Waals surface area contributed by atoms with Crippen molar-refractivity contribution in [1.82, 2.24) is 4.98 Å². The van der Waals surface area contributed by atoms with E-state index in [-0.39, 0.29) is 0 Å². The topological polar surface area (TPSA) is 17.2 Å². The summed E-state index contributed by atoms with van der Waals surface area (Å²) in [5, 5.41) is 0. The lowest BCUT2D eigenvalue weighted by Crippen LogP contribution is -1.74. The van der Waals surface area contributed by atoms with Crippen LogP contribution in [0.15, 0.2) is 18.3 Å². The van der Waals surface area contributed by atoms with E-state index in [4.69, 9.17) is 6.57 Å². The summed E-state index contributed by atoms with van der Waals surface area (Å²) < 4.78 is 0. The van der Waals surface area contributed by atoms with E-state index in [1.807, 2.05) is 6.92 Å². The fourth-order valence-corrected chi connectivity index (χ4v) is 0.600. The number of aromatic nitrogens is 1. The molecule has 9 heavy (non-hydrogen) atoms.